The monoisotopic (exact) mass is 160 g/mol. The van der Waals surface area contributed by atoms with Crippen molar-refractivity contribution in [2.45, 2.75) is 0 Å². The van der Waals surface area contributed by atoms with Gasteiger partial charge >= 0.3 is 0 Å². The third kappa shape index (κ3) is 3.42. The molecule has 58 valence electrons. The summed E-state index contributed by atoms with van der Waals surface area (Å²) in [4.78, 5) is 1.67. The molecule has 0 bridgehead atoms. The largest absolute Gasteiger partial charge is 0.395 e. The maximum absolute atomic E-state index is 8.52. The molecule has 0 spiro atoms. The standard InChI is InChI=1S/C6H12N2OS/c1-2-3-8(4-5-9)6(7)10/h2,9H,1,3-5H2,(H2,7,10). The topological polar surface area (TPSA) is 49.5 Å². The van der Waals surface area contributed by atoms with Crippen LogP contribution in [0.1, 0.15) is 0 Å². The number of rotatable bonds is 4. The lowest BCUT2D eigenvalue weighted by molar-refractivity contribution is 0.257. The summed E-state index contributed by atoms with van der Waals surface area (Å²) >= 11 is 4.69. The molecule has 0 saturated heterocycles. The van der Waals surface area contributed by atoms with Gasteiger partial charge in [-0.2, -0.15) is 0 Å². The second-order valence-corrected chi connectivity index (χ2v) is 2.21. The number of hydrogen-bond acceptors (Lipinski definition) is 2. The zero-order valence-electron chi connectivity index (χ0n) is 5.79. The molecule has 0 aromatic carbocycles. The maximum atomic E-state index is 8.52. The van der Waals surface area contributed by atoms with Crippen LogP contribution in [0.5, 0.6) is 0 Å². The molecule has 0 rings (SSSR count). The Bertz CT molecular complexity index is 127. The first kappa shape index (κ1) is 9.39. The van der Waals surface area contributed by atoms with E-state index in [1.165, 1.54) is 0 Å². The minimum Gasteiger partial charge on any atom is -0.395 e. The summed E-state index contributed by atoms with van der Waals surface area (Å²) in [7, 11) is 0. The van der Waals surface area contributed by atoms with Crippen molar-refractivity contribution in [2.75, 3.05) is 19.7 Å². The molecule has 0 amide bonds. The van der Waals surface area contributed by atoms with E-state index in [0.717, 1.165) is 0 Å². The van der Waals surface area contributed by atoms with Gasteiger partial charge in [0.25, 0.3) is 0 Å². The zero-order valence-corrected chi connectivity index (χ0v) is 6.60. The van der Waals surface area contributed by atoms with Crippen LogP contribution in [0.15, 0.2) is 12.7 Å². The van der Waals surface area contributed by atoms with Crippen molar-refractivity contribution in [1.29, 1.82) is 0 Å². The fourth-order valence-corrected chi connectivity index (χ4v) is 0.734. The molecule has 0 fully saturated rings. The van der Waals surface area contributed by atoms with E-state index < -0.39 is 0 Å². The molecule has 0 heterocycles. The third-order valence-electron chi connectivity index (χ3n) is 1.03. The van der Waals surface area contributed by atoms with Gasteiger partial charge in [-0.3, -0.25) is 0 Å². The fourth-order valence-electron chi connectivity index (χ4n) is 0.568. The van der Waals surface area contributed by atoms with Crippen molar-refractivity contribution in [1.82, 2.24) is 4.90 Å². The van der Waals surface area contributed by atoms with Crippen molar-refractivity contribution in [3.63, 3.8) is 0 Å². The lowest BCUT2D eigenvalue weighted by Crippen LogP contribution is -2.37. The van der Waals surface area contributed by atoms with Crippen LogP contribution in [-0.2, 0) is 0 Å². The minimum atomic E-state index is 0.0607. The Morgan fingerprint density at radius 1 is 1.80 bits per heavy atom. The molecule has 0 saturated carbocycles. The van der Waals surface area contributed by atoms with E-state index in [0.29, 0.717) is 18.2 Å². The first-order valence-corrected chi connectivity index (χ1v) is 3.39. The Hall–Kier alpha value is -0.610. The molecule has 3 nitrogen and oxygen atoms in total. The van der Waals surface area contributed by atoms with E-state index in [2.05, 4.69) is 6.58 Å². The van der Waals surface area contributed by atoms with E-state index >= 15 is 0 Å². The van der Waals surface area contributed by atoms with Crippen LogP contribution in [-0.4, -0.2) is 34.8 Å². The molecule has 4 heteroatoms. The first-order valence-electron chi connectivity index (χ1n) is 2.98. The average molecular weight is 160 g/mol. The number of aliphatic hydroxyl groups is 1. The summed E-state index contributed by atoms with van der Waals surface area (Å²) in [5.74, 6) is 0. The van der Waals surface area contributed by atoms with E-state index in [-0.39, 0.29) is 6.61 Å². The second-order valence-electron chi connectivity index (χ2n) is 1.80. The van der Waals surface area contributed by atoms with Gasteiger partial charge in [-0.05, 0) is 12.2 Å². The molecule has 3 N–H and O–H groups in total. The summed E-state index contributed by atoms with van der Waals surface area (Å²) in [6.07, 6.45) is 1.69. The molecule has 0 aliphatic heterocycles. The Balaban J connectivity index is 3.71. The Labute approximate surface area is 66.1 Å². The highest BCUT2D eigenvalue weighted by Crippen LogP contribution is 1.86. The number of nitrogens with zero attached hydrogens (tertiary/aromatic N) is 1. The third-order valence-corrected chi connectivity index (χ3v) is 1.29. The maximum Gasteiger partial charge on any atom is 0.166 e. The smallest absolute Gasteiger partial charge is 0.166 e. The highest BCUT2D eigenvalue weighted by molar-refractivity contribution is 7.80. The van der Waals surface area contributed by atoms with Crippen molar-refractivity contribution in [3.05, 3.63) is 12.7 Å². The highest BCUT2D eigenvalue weighted by Gasteiger charge is 2.00. The molecule has 0 aromatic rings. The van der Waals surface area contributed by atoms with Crippen LogP contribution in [0.2, 0.25) is 0 Å². The highest BCUT2D eigenvalue weighted by atomic mass is 32.1. The van der Waals surface area contributed by atoms with Gasteiger partial charge < -0.3 is 15.7 Å². The normalized spacial score (nSPS) is 8.90. The van der Waals surface area contributed by atoms with Crippen LogP contribution in [0.25, 0.3) is 0 Å². The number of thiocarbonyl (C=S) groups is 1. The molecular weight excluding hydrogens is 148 g/mol. The molecule has 10 heavy (non-hydrogen) atoms. The minimum absolute atomic E-state index is 0.0607. The van der Waals surface area contributed by atoms with Gasteiger partial charge in [0.2, 0.25) is 0 Å². The van der Waals surface area contributed by atoms with Crippen molar-refractivity contribution < 1.29 is 5.11 Å². The fraction of sp³-hybridized carbons (Fsp3) is 0.500. The number of hydrogen-bond donors (Lipinski definition) is 2. The average Bonchev–Trinajstić information content (AvgIpc) is 1.87. The summed E-state index contributed by atoms with van der Waals surface area (Å²) in [6.45, 7) is 4.65. The molecule has 0 radical (unpaired) electrons. The summed E-state index contributed by atoms with van der Waals surface area (Å²) in [6, 6.07) is 0. The van der Waals surface area contributed by atoms with Crippen LogP contribution in [0, 0.1) is 0 Å². The quantitative estimate of drug-likeness (QED) is 0.438. The van der Waals surface area contributed by atoms with E-state index in [1.807, 2.05) is 0 Å². The predicted octanol–water partition coefficient (Wildman–Crippen LogP) is -0.290. The predicted molar refractivity (Wildman–Crippen MR) is 45.6 cm³/mol. The van der Waals surface area contributed by atoms with Gasteiger partial charge in [-0.15, -0.1) is 6.58 Å². The van der Waals surface area contributed by atoms with E-state index in [1.54, 1.807) is 11.0 Å². The molecule has 0 unspecified atom stereocenters. The van der Waals surface area contributed by atoms with Crippen molar-refractivity contribution in [3.8, 4) is 0 Å². The lowest BCUT2D eigenvalue weighted by atomic mass is 10.5. The number of aliphatic hydroxyl groups excluding tert-OH is 1. The molecule has 0 aliphatic carbocycles. The van der Waals surface area contributed by atoms with Gasteiger partial charge in [0, 0.05) is 13.1 Å². The lowest BCUT2D eigenvalue weighted by Gasteiger charge is -2.18. The Kier molecular flexibility index (Phi) is 4.88. The SMILES string of the molecule is C=CCN(CCO)C(N)=S. The van der Waals surface area contributed by atoms with Crippen LogP contribution < -0.4 is 5.73 Å². The summed E-state index contributed by atoms with van der Waals surface area (Å²) in [5.41, 5.74) is 5.31. The summed E-state index contributed by atoms with van der Waals surface area (Å²) < 4.78 is 0. The van der Waals surface area contributed by atoms with Gasteiger partial charge in [0.1, 0.15) is 0 Å². The Morgan fingerprint density at radius 3 is 2.70 bits per heavy atom. The zero-order chi connectivity index (χ0) is 7.98. The van der Waals surface area contributed by atoms with Crippen molar-refractivity contribution in [2.24, 2.45) is 5.73 Å². The Morgan fingerprint density at radius 2 is 2.40 bits per heavy atom. The second kappa shape index (κ2) is 5.20. The molecule has 0 aromatic heterocycles. The van der Waals surface area contributed by atoms with Gasteiger partial charge in [-0.25, -0.2) is 0 Å². The van der Waals surface area contributed by atoms with Crippen molar-refractivity contribution >= 4 is 17.3 Å². The van der Waals surface area contributed by atoms with Crippen LogP contribution in [0.4, 0.5) is 0 Å². The molecule has 0 atom stereocenters. The molecular formula is C6H12N2OS. The van der Waals surface area contributed by atoms with E-state index in [9.17, 15) is 0 Å². The first-order chi connectivity index (χ1) is 4.72. The van der Waals surface area contributed by atoms with Crippen LogP contribution >= 0.6 is 12.2 Å². The van der Waals surface area contributed by atoms with Gasteiger partial charge in [0.05, 0.1) is 6.61 Å². The van der Waals surface area contributed by atoms with Crippen LogP contribution in [0.3, 0.4) is 0 Å². The number of nitrogens with two attached hydrogens (primary N) is 1. The van der Waals surface area contributed by atoms with Gasteiger partial charge in [0.15, 0.2) is 5.11 Å². The van der Waals surface area contributed by atoms with E-state index in [4.69, 9.17) is 23.1 Å². The molecule has 0 aliphatic rings. The van der Waals surface area contributed by atoms with Gasteiger partial charge in [-0.1, -0.05) is 6.08 Å². The summed E-state index contributed by atoms with van der Waals surface area (Å²) in [5, 5.41) is 8.82.